The lowest BCUT2D eigenvalue weighted by Crippen LogP contribution is -2.21. The van der Waals surface area contributed by atoms with Crippen LogP contribution in [0, 0.1) is 22.7 Å². The van der Waals surface area contributed by atoms with E-state index in [1.54, 1.807) is 19.1 Å². The van der Waals surface area contributed by atoms with Gasteiger partial charge in [0, 0.05) is 18.2 Å². The van der Waals surface area contributed by atoms with Gasteiger partial charge in [-0.15, -0.1) is 0 Å². The number of nitrogens with one attached hydrogen (secondary N) is 1. The van der Waals surface area contributed by atoms with E-state index in [2.05, 4.69) is 15.5 Å². The van der Waals surface area contributed by atoms with Crippen LogP contribution in [0.25, 0.3) is 0 Å². The first-order valence-electron chi connectivity index (χ1n) is 6.97. The van der Waals surface area contributed by atoms with Gasteiger partial charge in [-0.1, -0.05) is 16.8 Å². The molecule has 0 unspecified atom stereocenters. The molecule has 0 bridgehead atoms. The molecule has 1 aliphatic heterocycles. The van der Waals surface area contributed by atoms with Crippen molar-refractivity contribution in [2.45, 2.75) is 25.6 Å². The Kier molecular flexibility index (Phi) is 5.50. The molecule has 0 aliphatic carbocycles. The molecule has 6 nitrogen and oxygen atoms in total. The molecule has 0 radical (unpaired) electrons. The summed E-state index contributed by atoms with van der Waals surface area (Å²) in [5.74, 6) is 0.0914. The predicted molar refractivity (Wildman–Crippen MR) is 83.6 cm³/mol. The normalized spacial score (nSPS) is 16.3. The van der Waals surface area contributed by atoms with E-state index in [4.69, 9.17) is 27.0 Å². The second kappa shape index (κ2) is 7.41. The molecule has 0 saturated carbocycles. The zero-order valence-corrected chi connectivity index (χ0v) is 13.6. The molecule has 0 saturated heterocycles. The number of hydrogen-bond acceptors (Lipinski definition) is 6. The summed E-state index contributed by atoms with van der Waals surface area (Å²) in [5, 5.41) is 24.1. The van der Waals surface area contributed by atoms with Crippen molar-refractivity contribution in [2.24, 2.45) is 5.16 Å². The summed E-state index contributed by atoms with van der Waals surface area (Å²) in [4.78, 5) is 8.85. The van der Waals surface area contributed by atoms with Crippen molar-refractivity contribution in [3.05, 3.63) is 34.0 Å². The number of hydrogen-bond donors (Lipinski definition) is 1. The van der Waals surface area contributed by atoms with Crippen LogP contribution in [0.4, 0.5) is 19.0 Å². The minimum Gasteiger partial charge on any atom is -0.390 e. The van der Waals surface area contributed by atoms with Crippen LogP contribution in [0.1, 0.15) is 18.9 Å². The van der Waals surface area contributed by atoms with E-state index in [9.17, 15) is 13.2 Å². The Balaban J connectivity index is 1.98. The van der Waals surface area contributed by atoms with Crippen LogP contribution in [0.5, 0.6) is 0 Å². The van der Waals surface area contributed by atoms with Crippen molar-refractivity contribution in [1.82, 2.24) is 4.98 Å². The van der Waals surface area contributed by atoms with E-state index < -0.39 is 17.8 Å². The van der Waals surface area contributed by atoms with Gasteiger partial charge < -0.3 is 10.2 Å². The maximum Gasteiger partial charge on any atom is 0.417 e. The number of alkyl halides is 3. The molecule has 2 heterocycles. The molecule has 1 aromatic rings. The molecule has 25 heavy (non-hydrogen) atoms. The van der Waals surface area contributed by atoms with Crippen molar-refractivity contribution < 1.29 is 18.0 Å². The number of nitriles is 2. The third-order valence-electron chi connectivity index (χ3n) is 3.43. The Morgan fingerprint density at radius 2 is 2.12 bits per heavy atom. The molecule has 2 rings (SSSR count). The highest BCUT2D eigenvalue weighted by molar-refractivity contribution is 6.32. The molecule has 0 spiro atoms. The van der Waals surface area contributed by atoms with Gasteiger partial charge in [0.15, 0.2) is 0 Å². The van der Waals surface area contributed by atoms with Gasteiger partial charge in [0.05, 0.1) is 22.8 Å². The van der Waals surface area contributed by atoms with Crippen LogP contribution >= 0.6 is 11.6 Å². The maximum absolute atomic E-state index is 12.6. The second-order valence-corrected chi connectivity index (χ2v) is 5.53. The van der Waals surface area contributed by atoms with Crippen LogP contribution in [-0.4, -0.2) is 23.3 Å². The molecule has 10 heteroatoms. The number of halogens is 4. The molecule has 0 amide bonds. The number of nitrogens with zero attached hydrogens (tertiary/aromatic N) is 4. The minimum absolute atomic E-state index is 0.0524. The van der Waals surface area contributed by atoms with Crippen molar-refractivity contribution in [2.75, 3.05) is 11.9 Å². The van der Waals surface area contributed by atoms with Crippen molar-refractivity contribution in [3.63, 3.8) is 0 Å². The van der Waals surface area contributed by atoms with Gasteiger partial charge in [0.2, 0.25) is 0 Å². The third-order valence-corrected chi connectivity index (χ3v) is 3.72. The van der Waals surface area contributed by atoms with Crippen LogP contribution in [0.2, 0.25) is 5.02 Å². The second-order valence-electron chi connectivity index (χ2n) is 5.13. The molecule has 130 valence electrons. The van der Waals surface area contributed by atoms with Crippen molar-refractivity contribution in [1.29, 1.82) is 10.5 Å². The maximum atomic E-state index is 12.6. The van der Waals surface area contributed by atoms with E-state index in [0.717, 1.165) is 6.07 Å². The fourth-order valence-electron chi connectivity index (χ4n) is 2.03. The molecule has 0 fully saturated rings. The lowest BCUT2D eigenvalue weighted by Gasteiger charge is -2.13. The van der Waals surface area contributed by atoms with Gasteiger partial charge in [-0.25, -0.2) is 4.98 Å². The smallest absolute Gasteiger partial charge is 0.390 e. The van der Waals surface area contributed by atoms with Crippen molar-refractivity contribution >= 4 is 23.1 Å². The lowest BCUT2D eigenvalue weighted by atomic mass is 10.0. The zero-order chi connectivity index (χ0) is 18.6. The summed E-state index contributed by atoms with van der Waals surface area (Å²) < 4.78 is 37.7. The highest BCUT2D eigenvalue weighted by Gasteiger charge is 2.31. The Morgan fingerprint density at radius 1 is 1.44 bits per heavy atom. The first-order chi connectivity index (χ1) is 11.8. The molecule has 0 aromatic carbocycles. The monoisotopic (exact) mass is 369 g/mol. The molecular weight excluding hydrogens is 359 g/mol. The Bertz CT molecular complexity index is 804. The standard InChI is InChI=1S/C15H11ClF3N5O/c1-8(9(4-20)5-21)13-3-11(25-24-13)7-23-14-12(16)2-10(6-22-14)15(17,18)19/h2,6,11H,3,7H2,1H3,(H,22,23)/t11-/m0/s1. The van der Waals surface area contributed by atoms with Crippen molar-refractivity contribution in [3.8, 4) is 12.1 Å². The summed E-state index contributed by atoms with van der Waals surface area (Å²) in [6.07, 6.45) is -3.92. The number of rotatable bonds is 4. The van der Waals surface area contributed by atoms with E-state index >= 15 is 0 Å². The fourth-order valence-corrected chi connectivity index (χ4v) is 2.26. The quantitative estimate of drug-likeness (QED) is 0.817. The lowest BCUT2D eigenvalue weighted by molar-refractivity contribution is -0.137. The minimum atomic E-state index is -4.52. The molecular formula is C15H11ClF3N5O. The molecule has 1 aliphatic rings. The van der Waals surface area contributed by atoms with E-state index in [0.29, 0.717) is 23.9 Å². The van der Waals surface area contributed by atoms with Gasteiger partial charge in [-0.05, 0) is 13.0 Å². The van der Waals surface area contributed by atoms with Crippen LogP contribution < -0.4 is 5.32 Å². The number of aromatic nitrogens is 1. The summed E-state index contributed by atoms with van der Waals surface area (Å²) >= 11 is 5.81. The van der Waals surface area contributed by atoms with Gasteiger partial charge in [0.25, 0.3) is 0 Å². The largest absolute Gasteiger partial charge is 0.417 e. The van der Waals surface area contributed by atoms with Crippen LogP contribution in [-0.2, 0) is 11.0 Å². The Morgan fingerprint density at radius 3 is 2.68 bits per heavy atom. The summed E-state index contributed by atoms with van der Waals surface area (Å²) in [6.45, 7) is 1.78. The summed E-state index contributed by atoms with van der Waals surface area (Å²) in [7, 11) is 0. The fraction of sp³-hybridized carbons (Fsp3) is 0.333. The molecule has 1 N–H and O–H groups in total. The van der Waals surface area contributed by atoms with E-state index in [1.807, 2.05) is 0 Å². The predicted octanol–water partition coefficient (Wildman–Crippen LogP) is 3.67. The number of allylic oxidation sites excluding steroid dienone is 2. The first kappa shape index (κ1) is 18.6. The number of oxime groups is 1. The van der Waals surface area contributed by atoms with Crippen LogP contribution in [0.15, 0.2) is 28.6 Å². The topological polar surface area (TPSA) is 94.1 Å². The average molecular weight is 370 g/mol. The van der Waals surface area contributed by atoms with Gasteiger partial charge >= 0.3 is 6.18 Å². The third kappa shape index (κ3) is 4.40. The summed E-state index contributed by atoms with van der Waals surface area (Å²) in [5.41, 5.74) is -0.0925. The summed E-state index contributed by atoms with van der Waals surface area (Å²) in [6, 6.07) is 4.33. The molecule has 1 aromatic heterocycles. The Labute approximate surface area is 146 Å². The van der Waals surface area contributed by atoms with E-state index in [-0.39, 0.29) is 23.0 Å². The highest BCUT2D eigenvalue weighted by atomic mass is 35.5. The number of pyridine rings is 1. The van der Waals surface area contributed by atoms with Gasteiger partial charge in [-0.3, -0.25) is 0 Å². The van der Waals surface area contributed by atoms with Gasteiger partial charge in [-0.2, -0.15) is 23.7 Å². The van der Waals surface area contributed by atoms with Gasteiger partial charge in [0.1, 0.15) is 29.6 Å². The number of anilines is 1. The average Bonchev–Trinajstić information content (AvgIpc) is 3.02. The zero-order valence-electron chi connectivity index (χ0n) is 12.9. The highest BCUT2D eigenvalue weighted by Crippen LogP contribution is 2.32. The SMILES string of the molecule is CC(C1=NO[C@H](CNc2ncc(C(F)(F)F)cc2Cl)C1)=C(C#N)C#N. The Hall–Kier alpha value is -2.78. The van der Waals surface area contributed by atoms with E-state index in [1.165, 1.54) is 0 Å². The first-order valence-corrected chi connectivity index (χ1v) is 7.34. The molecule has 1 atom stereocenters. The van der Waals surface area contributed by atoms with Crippen LogP contribution in [0.3, 0.4) is 0 Å².